The number of aryl methyl sites for hydroxylation is 1. The zero-order chi connectivity index (χ0) is 14.4. The first-order valence-corrected chi connectivity index (χ1v) is 7.85. The van der Waals surface area contributed by atoms with Crippen LogP contribution >= 0.6 is 0 Å². The van der Waals surface area contributed by atoms with Gasteiger partial charge in [-0.25, -0.2) is 0 Å². The zero-order valence-corrected chi connectivity index (χ0v) is 13.1. The Bertz CT molecular complexity index is 397. The molecule has 1 unspecified atom stereocenters. The van der Waals surface area contributed by atoms with E-state index in [1.54, 1.807) is 0 Å². The smallest absolute Gasteiger partial charge is 0.118 e. The lowest BCUT2D eigenvalue weighted by Gasteiger charge is -2.22. The fourth-order valence-electron chi connectivity index (χ4n) is 2.70. The van der Waals surface area contributed by atoms with Crippen molar-refractivity contribution in [1.82, 2.24) is 10.2 Å². The molecule has 0 radical (unpaired) electrons. The Hall–Kier alpha value is -0.840. The van der Waals surface area contributed by atoms with Gasteiger partial charge in [-0.15, -0.1) is 0 Å². The van der Waals surface area contributed by atoms with Crippen molar-refractivity contribution in [2.45, 2.75) is 52.8 Å². The van der Waals surface area contributed by atoms with Crippen molar-refractivity contribution in [1.29, 1.82) is 0 Å². The number of hydrogen-bond donors (Lipinski definition) is 1. The van der Waals surface area contributed by atoms with Crippen molar-refractivity contribution >= 4 is 0 Å². The summed E-state index contributed by atoms with van der Waals surface area (Å²) in [5.74, 6) is 2.10. The number of ether oxygens (including phenoxy) is 1. The molecule has 1 aromatic rings. The third-order valence-electron chi connectivity index (χ3n) is 3.95. The minimum Gasteiger partial charge on any atom is -0.465 e. The van der Waals surface area contributed by atoms with Crippen LogP contribution < -0.4 is 5.32 Å². The summed E-state index contributed by atoms with van der Waals surface area (Å²) in [4.78, 5) is 2.41. The molecule has 1 aromatic heterocycles. The lowest BCUT2D eigenvalue weighted by Crippen LogP contribution is -2.31. The maximum Gasteiger partial charge on any atom is 0.118 e. The molecule has 4 nitrogen and oxygen atoms in total. The molecule has 1 saturated heterocycles. The van der Waals surface area contributed by atoms with Gasteiger partial charge in [0.1, 0.15) is 11.5 Å². The third kappa shape index (κ3) is 4.33. The van der Waals surface area contributed by atoms with Crippen molar-refractivity contribution in [3.63, 3.8) is 0 Å². The molecule has 1 aliphatic rings. The fraction of sp³-hybridized carbons (Fsp3) is 0.750. The highest BCUT2D eigenvalue weighted by Crippen LogP contribution is 2.18. The number of nitrogens with zero attached hydrogens (tertiary/aromatic N) is 1. The minimum absolute atomic E-state index is 0.409. The Morgan fingerprint density at radius 3 is 2.90 bits per heavy atom. The molecular weight excluding hydrogens is 252 g/mol. The van der Waals surface area contributed by atoms with Crippen LogP contribution in [0.2, 0.25) is 0 Å². The highest BCUT2D eigenvalue weighted by Gasteiger charge is 2.19. The van der Waals surface area contributed by atoms with E-state index < -0.39 is 0 Å². The second-order valence-electron chi connectivity index (χ2n) is 5.54. The van der Waals surface area contributed by atoms with Gasteiger partial charge in [0.05, 0.1) is 12.6 Å². The summed E-state index contributed by atoms with van der Waals surface area (Å²) in [6, 6.07) is 2.19. The molecule has 0 amide bonds. The average Bonchev–Trinajstić information content (AvgIpc) is 3.06. The van der Waals surface area contributed by atoms with Gasteiger partial charge in [-0.3, -0.25) is 4.90 Å². The maximum absolute atomic E-state index is 5.89. The molecule has 1 atom stereocenters. The predicted octanol–water partition coefficient (Wildman–Crippen LogP) is 2.70. The van der Waals surface area contributed by atoms with Gasteiger partial charge < -0.3 is 14.5 Å². The molecule has 2 rings (SSSR count). The van der Waals surface area contributed by atoms with Crippen LogP contribution in [-0.2, 0) is 17.8 Å². The minimum atomic E-state index is 0.409. The summed E-state index contributed by atoms with van der Waals surface area (Å²) in [5, 5.41) is 3.35. The lowest BCUT2D eigenvalue weighted by molar-refractivity contribution is 0.0702. The summed E-state index contributed by atoms with van der Waals surface area (Å²) in [5.41, 5.74) is 1.27. The summed E-state index contributed by atoms with van der Waals surface area (Å²) in [7, 11) is 0. The van der Waals surface area contributed by atoms with Gasteiger partial charge in [-0.1, -0.05) is 13.8 Å². The average molecular weight is 280 g/mol. The Balaban J connectivity index is 1.89. The van der Waals surface area contributed by atoms with Gasteiger partial charge >= 0.3 is 0 Å². The lowest BCUT2D eigenvalue weighted by atomic mass is 10.2. The molecule has 4 heteroatoms. The van der Waals surface area contributed by atoms with Gasteiger partial charge in [0.2, 0.25) is 0 Å². The van der Waals surface area contributed by atoms with Crippen LogP contribution in [0.1, 0.15) is 43.8 Å². The quantitative estimate of drug-likeness (QED) is 0.794. The highest BCUT2D eigenvalue weighted by atomic mass is 16.5. The monoisotopic (exact) mass is 280 g/mol. The standard InChI is InChI=1S/C16H28N2O2/c1-4-17-10-14-9-16(20-13(14)3)12-18(5-2)11-15-7-6-8-19-15/h9,15,17H,4-8,10-12H2,1-3H3. The van der Waals surface area contributed by atoms with Crippen LogP contribution in [0, 0.1) is 6.92 Å². The molecule has 1 aliphatic heterocycles. The van der Waals surface area contributed by atoms with Crippen molar-refractivity contribution in [2.24, 2.45) is 0 Å². The van der Waals surface area contributed by atoms with Gasteiger partial charge in [0.15, 0.2) is 0 Å². The first-order chi connectivity index (χ1) is 9.72. The Morgan fingerprint density at radius 1 is 1.40 bits per heavy atom. The second-order valence-corrected chi connectivity index (χ2v) is 5.54. The summed E-state index contributed by atoms with van der Waals surface area (Å²) in [6.45, 7) is 12.1. The summed E-state index contributed by atoms with van der Waals surface area (Å²) < 4.78 is 11.6. The molecule has 20 heavy (non-hydrogen) atoms. The van der Waals surface area contributed by atoms with E-state index in [0.29, 0.717) is 6.10 Å². The van der Waals surface area contributed by atoms with E-state index in [0.717, 1.165) is 50.9 Å². The van der Waals surface area contributed by atoms with Crippen LogP contribution in [0.5, 0.6) is 0 Å². The molecule has 1 fully saturated rings. The van der Waals surface area contributed by atoms with Gasteiger partial charge in [0.25, 0.3) is 0 Å². The topological polar surface area (TPSA) is 37.6 Å². The summed E-state index contributed by atoms with van der Waals surface area (Å²) in [6.07, 6.45) is 2.81. The number of rotatable bonds is 8. The maximum atomic E-state index is 5.89. The van der Waals surface area contributed by atoms with E-state index in [9.17, 15) is 0 Å². The van der Waals surface area contributed by atoms with Crippen molar-refractivity contribution in [3.8, 4) is 0 Å². The molecule has 0 aliphatic carbocycles. The van der Waals surface area contributed by atoms with Crippen molar-refractivity contribution < 1.29 is 9.15 Å². The largest absolute Gasteiger partial charge is 0.465 e. The SMILES string of the molecule is CCNCc1cc(CN(CC)CC2CCCO2)oc1C. The third-order valence-corrected chi connectivity index (χ3v) is 3.95. The molecule has 0 saturated carbocycles. The molecule has 0 bridgehead atoms. The number of likely N-dealkylation sites (N-methyl/N-ethyl adjacent to an activating group) is 1. The van der Waals surface area contributed by atoms with Crippen LogP contribution in [0.4, 0.5) is 0 Å². The van der Waals surface area contributed by atoms with E-state index >= 15 is 0 Å². The zero-order valence-electron chi connectivity index (χ0n) is 13.1. The molecule has 114 valence electrons. The Labute approximate surface area is 122 Å². The first kappa shape index (κ1) is 15.5. The molecule has 2 heterocycles. The Kier molecular flexibility index (Phi) is 6.07. The number of hydrogen-bond acceptors (Lipinski definition) is 4. The van der Waals surface area contributed by atoms with Crippen molar-refractivity contribution in [2.75, 3.05) is 26.2 Å². The number of nitrogens with one attached hydrogen (secondary N) is 1. The van der Waals surface area contributed by atoms with Crippen LogP contribution in [0.3, 0.4) is 0 Å². The van der Waals surface area contributed by atoms with Gasteiger partial charge in [-0.05, 0) is 38.9 Å². The summed E-state index contributed by atoms with van der Waals surface area (Å²) >= 11 is 0. The molecule has 0 spiro atoms. The molecular formula is C16H28N2O2. The van der Waals surface area contributed by atoms with E-state index in [1.165, 1.54) is 18.4 Å². The molecule has 0 aromatic carbocycles. The highest BCUT2D eigenvalue weighted by molar-refractivity contribution is 5.20. The first-order valence-electron chi connectivity index (χ1n) is 7.85. The number of furan rings is 1. The fourth-order valence-corrected chi connectivity index (χ4v) is 2.70. The predicted molar refractivity (Wildman–Crippen MR) is 80.8 cm³/mol. The van der Waals surface area contributed by atoms with Crippen LogP contribution in [-0.4, -0.2) is 37.2 Å². The second kappa shape index (κ2) is 7.81. The van der Waals surface area contributed by atoms with Gasteiger partial charge in [-0.2, -0.15) is 0 Å². The normalized spacial score (nSPS) is 19.1. The van der Waals surface area contributed by atoms with E-state index in [1.807, 2.05) is 6.92 Å². The van der Waals surface area contributed by atoms with Gasteiger partial charge in [0, 0.05) is 25.3 Å². The van der Waals surface area contributed by atoms with Crippen molar-refractivity contribution in [3.05, 3.63) is 23.2 Å². The molecule has 1 N–H and O–H groups in total. The van der Waals surface area contributed by atoms with E-state index in [2.05, 4.69) is 30.1 Å². The van der Waals surface area contributed by atoms with E-state index in [4.69, 9.17) is 9.15 Å². The van der Waals surface area contributed by atoms with Crippen LogP contribution in [0.15, 0.2) is 10.5 Å². The van der Waals surface area contributed by atoms with E-state index in [-0.39, 0.29) is 0 Å². The van der Waals surface area contributed by atoms with Crippen LogP contribution in [0.25, 0.3) is 0 Å². The Morgan fingerprint density at radius 2 is 2.25 bits per heavy atom.